The van der Waals surface area contributed by atoms with Crippen LogP contribution in [0.15, 0.2) is 12.2 Å². The van der Waals surface area contributed by atoms with Gasteiger partial charge in [-0.05, 0) is 31.8 Å². The zero-order chi connectivity index (χ0) is 9.47. The highest BCUT2D eigenvalue weighted by Gasteiger charge is 2.45. The van der Waals surface area contributed by atoms with Gasteiger partial charge in [-0.15, -0.1) is 0 Å². The molecule has 3 heteroatoms. The molecule has 2 bridgehead atoms. The molecule has 0 unspecified atom stereocenters. The summed E-state index contributed by atoms with van der Waals surface area (Å²) in [6.45, 7) is 5.70. The first-order valence-electron chi connectivity index (χ1n) is 4.64. The number of fused-ring (bicyclic) bond motifs is 2. The molecule has 0 aromatic carbocycles. The molecule has 1 saturated carbocycles. The lowest BCUT2D eigenvalue weighted by atomic mass is 9.75. The van der Waals surface area contributed by atoms with Crippen molar-refractivity contribution in [3.05, 3.63) is 12.2 Å². The van der Waals surface area contributed by atoms with E-state index in [0.29, 0.717) is 0 Å². The lowest BCUT2D eigenvalue weighted by molar-refractivity contribution is -0.402. The molecule has 1 aliphatic carbocycles. The second-order valence-corrected chi connectivity index (χ2v) is 4.10. The van der Waals surface area contributed by atoms with Gasteiger partial charge < -0.3 is 4.79 Å². The van der Waals surface area contributed by atoms with Crippen LogP contribution in [0.3, 0.4) is 0 Å². The number of hydrogen-bond acceptors (Lipinski definition) is 3. The van der Waals surface area contributed by atoms with Gasteiger partial charge in [-0.25, -0.2) is 9.78 Å². The smallest absolute Gasteiger partial charge is 0.158 e. The average Bonchev–Trinajstić information content (AvgIpc) is 2.16. The fraction of sp³-hybridized carbons (Fsp3) is 0.700. The highest BCUT2D eigenvalue weighted by molar-refractivity contribution is 5.62. The van der Waals surface area contributed by atoms with Crippen molar-refractivity contribution in [1.82, 2.24) is 0 Å². The maximum atomic E-state index is 10.8. The number of carbonyl (C=O) groups is 1. The van der Waals surface area contributed by atoms with E-state index in [2.05, 4.69) is 6.58 Å². The van der Waals surface area contributed by atoms with Crippen LogP contribution in [0.25, 0.3) is 0 Å². The summed E-state index contributed by atoms with van der Waals surface area (Å²) in [5.41, 5.74) is 0.348. The van der Waals surface area contributed by atoms with Crippen LogP contribution in [0.4, 0.5) is 0 Å². The fourth-order valence-electron chi connectivity index (χ4n) is 2.04. The first kappa shape index (κ1) is 8.91. The van der Waals surface area contributed by atoms with Crippen molar-refractivity contribution < 1.29 is 14.6 Å². The molecule has 2 aliphatic rings. The summed E-state index contributed by atoms with van der Waals surface area (Å²) in [6.07, 6.45) is 3.65. The van der Waals surface area contributed by atoms with Crippen molar-refractivity contribution in [1.29, 1.82) is 0 Å². The number of carbonyl (C=O) groups excluding carboxylic acids is 1. The molecule has 13 heavy (non-hydrogen) atoms. The second kappa shape index (κ2) is 2.93. The van der Waals surface area contributed by atoms with Gasteiger partial charge in [0, 0.05) is 5.92 Å². The Bertz CT molecular complexity index is 249. The summed E-state index contributed by atoms with van der Waals surface area (Å²) < 4.78 is 0. The Kier molecular flexibility index (Phi) is 2.00. The van der Waals surface area contributed by atoms with E-state index in [4.69, 9.17) is 9.78 Å². The second-order valence-electron chi connectivity index (χ2n) is 4.10. The van der Waals surface area contributed by atoms with Crippen LogP contribution in [-0.2, 0) is 14.6 Å². The zero-order valence-electron chi connectivity index (χ0n) is 7.79. The standard InChI is InChI=1S/C10H14O3/c1-7-3-4-8-5-9(7)12-13-10(8,2)6-11/h6,8-9H,1,3-5H2,2H3/t8-,9-,10-/m0/s1. The molecule has 0 spiro atoms. The van der Waals surface area contributed by atoms with Crippen molar-refractivity contribution >= 4 is 6.29 Å². The monoisotopic (exact) mass is 182 g/mol. The van der Waals surface area contributed by atoms with Crippen molar-refractivity contribution in [3.63, 3.8) is 0 Å². The van der Waals surface area contributed by atoms with Gasteiger partial charge in [-0.1, -0.05) is 6.58 Å². The highest BCUT2D eigenvalue weighted by atomic mass is 17.2. The minimum absolute atomic E-state index is 0.00627. The molecule has 1 saturated heterocycles. The van der Waals surface area contributed by atoms with Crippen LogP contribution in [0.1, 0.15) is 26.2 Å². The first-order valence-corrected chi connectivity index (χ1v) is 4.64. The summed E-state index contributed by atoms with van der Waals surface area (Å²) in [5.74, 6) is 0.286. The van der Waals surface area contributed by atoms with Gasteiger partial charge in [0.25, 0.3) is 0 Å². The molecule has 0 aromatic rings. The Morgan fingerprint density at radius 1 is 1.69 bits per heavy atom. The summed E-state index contributed by atoms with van der Waals surface area (Å²) in [6, 6.07) is 0. The Balaban J connectivity index is 2.17. The van der Waals surface area contributed by atoms with Gasteiger partial charge in [0.2, 0.25) is 0 Å². The Morgan fingerprint density at radius 2 is 2.46 bits per heavy atom. The van der Waals surface area contributed by atoms with Crippen LogP contribution in [0.2, 0.25) is 0 Å². The summed E-state index contributed by atoms with van der Waals surface area (Å²) in [5, 5.41) is 0. The minimum Gasteiger partial charge on any atom is -0.300 e. The molecular formula is C10H14O3. The largest absolute Gasteiger partial charge is 0.300 e. The quantitative estimate of drug-likeness (QED) is 0.351. The van der Waals surface area contributed by atoms with Gasteiger partial charge in [0.1, 0.15) is 6.10 Å². The predicted octanol–water partition coefficient (Wildman–Crippen LogP) is 1.63. The molecule has 0 aromatic heterocycles. The SMILES string of the molecule is C=C1CC[C@H]2C[C@@H]1OO[C@@]2(C)C=O. The average molecular weight is 182 g/mol. The third kappa shape index (κ3) is 1.32. The van der Waals surface area contributed by atoms with E-state index >= 15 is 0 Å². The summed E-state index contributed by atoms with van der Waals surface area (Å²) >= 11 is 0. The third-order valence-electron chi connectivity index (χ3n) is 3.16. The van der Waals surface area contributed by atoms with Gasteiger partial charge in [0.15, 0.2) is 11.9 Å². The van der Waals surface area contributed by atoms with Crippen molar-refractivity contribution in [2.24, 2.45) is 5.92 Å². The molecule has 0 radical (unpaired) electrons. The fourth-order valence-corrected chi connectivity index (χ4v) is 2.04. The Hall–Kier alpha value is -0.670. The number of rotatable bonds is 1. The topological polar surface area (TPSA) is 35.5 Å². The Morgan fingerprint density at radius 3 is 3.15 bits per heavy atom. The lowest BCUT2D eigenvalue weighted by Gasteiger charge is -2.43. The van der Waals surface area contributed by atoms with Gasteiger partial charge in [-0.3, -0.25) is 0 Å². The van der Waals surface area contributed by atoms with Crippen LogP contribution < -0.4 is 0 Å². The molecule has 1 heterocycles. The Labute approximate surface area is 77.6 Å². The van der Waals surface area contributed by atoms with Crippen molar-refractivity contribution in [3.8, 4) is 0 Å². The molecule has 0 N–H and O–H groups in total. The van der Waals surface area contributed by atoms with E-state index in [1.165, 1.54) is 0 Å². The van der Waals surface area contributed by atoms with Gasteiger partial charge >= 0.3 is 0 Å². The van der Waals surface area contributed by atoms with E-state index in [-0.39, 0.29) is 12.0 Å². The minimum atomic E-state index is -0.739. The predicted molar refractivity (Wildman–Crippen MR) is 46.9 cm³/mol. The van der Waals surface area contributed by atoms with Gasteiger partial charge in [0.05, 0.1) is 0 Å². The van der Waals surface area contributed by atoms with E-state index in [0.717, 1.165) is 31.1 Å². The van der Waals surface area contributed by atoms with Crippen LogP contribution >= 0.6 is 0 Å². The number of hydrogen-bond donors (Lipinski definition) is 0. The molecule has 2 rings (SSSR count). The molecule has 3 atom stereocenters. The molecule has 3 nitrogen and oxygen atoms in total. The van der Waals surface area contributed by atoms with Gasteiger partial charge in [-0.2, -0.15) is 0 Å². The first-order chi connectivity index (χ1) is 6.15. The normalized spacial score (nSPS) is 44.5. The van der Waals surface area contributed by atoms with E-state index in [1.807, 2.05) is 0 Å². The zero-order valence-corrected chi connectivity index (χ0v) is 7.79. The highest BCUT2D eigenvalue weighted by Crippen LogP contribution is 2.41. The molecule has 2 fully saturated rings. The van der Waals surface area contributed by atoms with E-state index in [9.17, 15) is 4.79 Å². The lowest BCUT2D eigenvalue weighted by Crippen LogP contribution is -2.49. The summed E-state index contributed by atoms with van der Waals surface area (Å²) in [7, 11) is 0. The van der Waals surface area contributed by atoms with Crippen molar-refractivity contribution in [2.45, 2.75) is 37.9 Å². The van der Waals surface area contributed by atoms with Crippen LogP contribution in [0.5, 0.6) is 0 Å². The van der Waals surface area contributed by atoms with Crippen LogP contribution in [-0.4, -0.2) is 18.0 Å². The van der Waals surface area contributed by atoms with Crippen molar-refractivity contribution in [2.75, 3.05) is 0 Å². The van der Waals surface area contributed by atoms with E-state index in [1.54, 1.807) is 6.92 Å². The number of aldehydes is 1. The molecule has 1 aliphatic heterocycles. The van der Waals surface area contributed by atoms with Crippen LogP contribution in [0, 0.1) is 5.92 Å². The maximum absolute atomic E-state index is 10.8. The third-order valence-corrected chi connectivity index (χ3v) is 3.16. The molecular weight excluding hydrogens is 168 g/mol. The van der Waals surface area contributed by atoms with E-state index < -0.39 is 5.60 Å². The molecule has 0 amide bonds. The summed E-state index contributed by atoms with van der Waals surface area (Å²) in [4.78, 5) is 21.1. The maximum Gasteiger partial charge on any atom is 0.158 e. The molecule has 72 valence electrons.